The lowest BCUT2D eigenvalue weighted by Gasteiger charge is -2.35. The first-order valence-corrected chi connectivity index (χ1v) is 10.9. The summed E-state index contributed by atoms with van der Waals surface area (Å²) in [5.41, 5.74) is 2.10. The van der Waals surface area contributed by atoms with E-state index < -0.39 is 0 Å². The summed E-state index contributed by atoms with van der Waals surface area (Å²) >= 11 is 0. The summed E-state index contributed by atoms with van der Waals surface area (Å²) in [6, 6.07) is 16.6. The summed E-state index contributed by atoms with van der Waals surface area (Å²) < 4.78 is 19.0. The molecule has 1 amide bonds. The van der Waals surface area contributed by atoms with Gasteiger partial charge < -0.3 is 20.3 Å². The molecule has 1 aliphatic rings. The largest absolute Gasteiger partial charge is 0.379 e. The molecule has 8 heteroatoms. The third kappa shape index (κ3) is 7.32. The van der Waals surface area contributed by atoms with Crippen LogP contribution in [0.15, 0.2) is 59.6 Å². The maximum Gasteiger partial charge on any atom is 0.241 e. The fraction of sp³-hybridized carbons (Fsp3) is 0.417. The van der Waals surface area contributed by atoms with Crippen molar-refractivity contribution >= 4 is 11.9 Å². The smallest absolute Gasteiger partial charge is 0.241 e. The maximum absolute atomic E-state index is 13.5. The molecule has 1 atom stereocenters. The molecule has 172 valence electrons. The number of hydrogen-bond acceptors (Lipinski definition) is 4. The minimum atomic E-state index is -0.253. The Balaban J connectivity index is 1.73. The van der Waals surface area contributed by atoms with Gasteiger partial charge in [0.15, 0.2) is 5.96 Å². The number of halogens is 1. The summed E-state index contributed by atoms with van der Waals surface area (Å²) in [5, 5.41) is 6.52. The Morgan fingerprint density at radius 1 is 1.09 bits per heavy atom. The molecule has 2 aromatic rings. The molecule has 7 nitrogen and oxygen atoms in total. The fourth-order valence-electron chi connectivity index (χ4n) is 3.47. The molecular weight excluding hydrogens is 409 g/mol. The number of carbonyl (C=O) groups excluding carboxylic acids is 1. The van der Waals surface area contributed by atoms with Crippen LogP contribution < -0.4 is 10.6 Å². The van der Waals surface area contributed by atoms with Crippen LogP contribution >= 0.6 is 0 Å². The van der Waals surface area contributed by atoms with Gasteiger partial charge in [0.1, 0.15) is 5.82 Å². The van der Waals surface area contributed by atoms with Crippen LogP contribution in [0.5, 0.6) is 0 Å². The average molecular weight is 442 g/mol. The molecule has 1 heterocycles. The zero-order valence-electron chi connectivity index (χ0n) is 18.8. The Hall–Kier alpha value is -2.97. The first-order valence-electron chi connectivity index (χ1n) is 10.9. The zero-order valence-corrected chi connectivity index (χ0v) is 18.8. The molecule has 0 bridgehead atoms. The Morgan fingerprint density at radius 2 is 1.78 bits per heavy atom. The minimum absolute atomic E-state index is 0.0211. The molecule has 1 aliphatic heterocycles. The predicted octanol–water partition coefficient (Wildman–Crippen LogP) is 2.02. The molecule has 2 N–H and O–H groups in total. The summed E-state index contributed by atoms with van der Waals surface area (Å²) in [7, 11) is 3.45. The van der Waals surface area contributed by atoms with Crippen molar-refractivity contribution in [3.05, 3.63) is 71.5 Å². The lowest BCUT2D eigenvalue weighted by molar-refractivity contribution is -0.127. The first kappa shape index (κ1) is 23.7. The average Bonchev–Trinajstić information content (AvgIpc) is 2.82. The van der Waals surface area contributed by atoms with Crippen LogP contribution in [-0.4, -0.2) is 75.2 Å². The molecule has 0 spiro atoms. The third-order valence-corrected chi connectivity index (χ3v) is 5.37. The van der Waals surface area contributed by atoms with E-state index in [0.717, 1.165) is 24.2 Å². The van der Waals surface area contributed by atoms with E-state index in [1.54, 1.807) is 14.1 Å². The number of guanidine groups is 1. The van der Waals surface area contributed by atoms with Crippen molar-refractivity contribution in [2.75, 3.05) is 53.5 Å². The van der Waals surface area contributed by atoms with E-state index in [2.05, 4.69) is 20.5 Å². The highest BCUT2D eigenvalue weighted by Crippen LogP contribution is 2.21. The van der Waals surface area contributed by atoms with E-state index in [-0.39, 0.29) is 24.3 Å². The highest BCUT2D eigenvalue weighted by atomic mass is 19.1. The van der Waals surface area contributed by atoms with Crippen molar-refractivity contribution in [1.82, 2.24) is 20.4 Å². The van der Waals surface area contributed by atoms with Gasteiger partial charge in [-0.2, -0.15) is 0 Å². The number of rotatable bonds is 8. The topological polar surface area (TPSA) is 69.2 Å². The summed E-state index contributed by atoms with van der Waals surface area (Å²) in [6.45, 7) is 4.13. The highest BCUT2D eigenvalue weighted by molar-refractivity contribution is 5.86. The molecule has 1 fully saturated rings. The molecule has 0 aliphatic carbocycles. The van der Waals surface area contributed by atoms with Crippen molar-refractivity contribution in [1.29, 1.82) is 0 Å². The molecular formula is C24H32FN5O2. The zero-order chi connectivity index (χ0) is 22.8. The number of nitrogens with zero attached hydrogens (tertiary/aromatic N) is 3. The molecule has 0 aromatic heterocycles. The number of amides is 1. The quantitative estimate of drug-likeness (QED) is 0.485. The van der Waals surface area contributed by atoms with Crippen LogP contribution in [-0.2, 0) is 16.1 Å². The standard InChI is InChI=1S/C24H32FN5O2/c1-29(2)23(31)18-28-24(26-16-19-6-4-3-5-7-19)27-17-22(30-12-14-32-15-13-30)20-8-10-21(25)11-9-20/h3-11,22H,12-18H2,1-2H3,(H2,26,27,28). The lowest BCUT2D eigenvalue weighted by atomic mass is 10.0. The van der Waals surface area contributed by atoms with Gasteiger partial charge in [0.05, 0.1) is 32.3 Å². The van der Waals surface area contributed by atoms with Gasteiger partial charge in [0.25, 0.3) is 0 Å². The Morgan fingerprint density at radius 3 is 2.44 bits per heavy atom. The van der Waals surface area contributed by atoms with Gasteiger partial charge in [0.2, 0.25) is 5.91 Å². The van der Waals surface area contributed by atoms with Gasteiger partial charge in [-0.25, -0.2) is 9.38 Å². The molecule has 1 unspecified atom stereocenters. The van der Waals surface area contributed by atoms with E-state index in [1.807, 2.05) is 42.5 Å². The molecule has 0 saturated carbocycles. The predicted molar refractivity (Wildman–Crippen MR) is 124 cm³/mol. The van der Waals surface area contributed by atoms with Gasteiger partial charge >= 0.3 is 0 Å². The number of likely N-dealkylation sites (N-methyl/N-ethyl adjacent to an activating group) is 1. The maximum atomic E-state index is 13.5. The van der Waals surface area contributed by atoms with Gasteiger partial charge in [-0.15, -0.1) is 0 Å². The van der Waals surface area contributed by atoms with Crippen LogP contribution in [0.4, 0.5) is 4.39 Å². The monoisotopic (exact) mass is 441 g/mol. The fourth-order valence-corrected chi connectivity index (χ4v) is 3.47. The lowest BCUT2D eigenvalue weighted by Crippen LogP contribution is -2.48. The van der Waals surface area contributed by atoms with Crippen molar-refractivity contribution in [3.8, 4) is 0 Å². The SMILES string of the molecule is CN(C)C(=O)CNC(=NCc1ccccc1)NCC(c1ccc(F)cc1)N1CCOCC1. The van der Waals surface area contributed by atoms with E-state index in [4.69, 9.17) is 4.74 Å². The molecule has 1 saturated heterocycles. The van der Waals surface area contributed by atoms with E-state index in [9.17, 15) is 9.18 Å². The van der Waals surface area contributed by atoms with Gasteiger partial charge in [-0.05, 0) is 23.3 Å². The summed E-state index contributed by atoms with van der Waals surface area (Å²) in [5.74, 6) is 0.267. The van der Waals surface area contributed by atoms with Crippen LogP contribution in [0.3, 0.4) is 0 Å². The number of hydrogen-bond donors (Lipinski definition) is 2. The van der Waals surface area contributed by atoms with Crippen LogP contribution in [0.2, 0.25) is 0 Å². The number of nitrogens with one attached hydrogen (secondary N) is 2. The Labute approximate surface area is 189 Å². The second kappa shape index (κ2) is 12.2. The Kier molecular flexibility index (Phi) is 9.01. The highest BCUT2D eigenvalue weighted by Gasteiger charge is 2.23. The molecule has 32 heavy (non-hydrogen) atoms. The third-order valence-electron chi connectivity index (χ3n) is 5.37. The number of benzene rings is 2. The molecule has 2 aromatic carbocycles. The Bertz CT molecular complexity index is 868. The van der Waals surface area contributed by atoms with Gasteiger partial charge in [-0.1, -0.05) is 42.5 Å². The summed E-state index contributed by atoms with van der Waals surface area (Å²) in [4.78, 5) is 20.6. The van der Waals surface area contributed by atoms with Crippen molar-refractivity contribution < 1.29 is 13.9 Å². The number of ether oxygens (including phenoxy) is 1. The van der Waals surface area contributed by atoms with Crippen LogP contribution in [0, 0.1) is 5.82 Å². The van der Waals surface area contributed by atoms with Crippen LogP contribution in [0.25, 0.3) is 0 Å². The molecule has 0 radical (unpaired) electrons. The second-order valence-corrected chi connectivity index (χ2v) is 7.89. The van der Waals surface area contributed by atoms with E-state index in [0.29, 0.717) is 32.3 Å². The van der Waals surface area contributed by atoms with Crippen molar-refractivity contribution in [2.24, 2.45) is 4.99 Å². The van der Waals surface area contributed by atoms with Crippen LogP contribution in [0.1, 0.15) is 17.2 Å². The minimum Gasteiger partial charge on any atom is -0.379 e. The van der Waals surface area contributed by atoms with Crippen molar-refractivity contribution in [3.63, 3.8) is 0 Å². The normalized spacial score (nSPS) is 15.8. The number of carbonyl (C=O) groups is 1. The summed E-state index contributed by atoms with van der Waals surface area (Å²) in [6.07, 6.45) is 0. The first-order chi connectivity index (χ1) is 15.5. The van der Waals surface area contributed by atoms with Gasteiger partial charge in [0, 0.05) is 33.7 Å². The van der Waals surface area contributed by atoms with E-state index >= 15 is 0 Å². The molecule has 3 rings (SSSR count). The second-order valence-electron chi connectivity index (χ2n) is 7.89. The number of morpholine rings is 1. The van der Waals surface area contributed by atoms with Gasteiger partial charge in [-0.3, -0.25) is 9.69 Å². The van der Waals surface area contributed by atoms with E-state index in [1.165, 1.54) is 17.0 Å². The number of aliphatic imine (C=N–C) groups is 1. The van der Waals surface area contributed by atoms with Crippen molar-refractivity contribution in [2.45, 2.75) is 12.6 Å².